The molecule has 2 aliphatic rings. The third kappa shape index (κ3) is 3.75. The maximum Gasteiger partial charge on any atom is 0.0529 e. The van der Waals surface area contributed by atoms with Crippen molar-refractivity contribution in [2.45, 2.75) is 22.6 Å². The minimum atomic E-state index is 0.366. The molecule has 0 saturated carbocycles. The first-order chi connectivity index (χ1) is 14.2. The molecule has 1 N–H and O–H groups in total. The van der Waals surface area contributed by atoms with Crippen molar-refractivity contribution in [3.63, 3.8) is 0 Å². The van der Waals surface area contributed by atoms with Crippen LogP contribution in [-0.4, -0.2) is 38.1 Å². The van der Waals surface area contributed by atoms with Crippen LogP contribution in [0.1, 0.15) is 24.0 Å². The van der Waals surface area contributed by atoms with Crippen molar-refractivity contribution >= 4 is 28.8 Å². The van der Waals surface area contributed by atoms with Crippen molar-refractivity contribution < 1.29 is 0 Å². The lowest BCUT2D eigenvalue weighted by Crippen LogP contribution is -2.44. The van der Waals surface area contributed by atoms with Gasteiger partial charge in [0.15, 0.2) is 0 Å². The average Bonchev–Trinajstić information content (AvgIpc) is 2.77. The smallest absolute Gasteiger partial charge is 0.0529 e. The topological polar surface area (TPSA) is 18.5 Å². The molecule has 1 saturated heterocycles. The molecule has 1 atom stereocenters. The molecular formula is C25H27N3S. The van der Waals surface area contributed by atoms with Gasteiger partial charge in [0.25, 0.3) is 0 Å². The molecule has 3 nitrogen and oxygen atoms in total. The molecule has 0 aliphatic carbocycles. The maximum absolute atomic E-state index is 3.61. The van der Waals surface area contributed by atoms with Gasteiger partial charge in [-0.25, -0.2) is 0 Å². The van der Waals surface area contributed by atoms with Gasteiger partial charge in [-0.05, 0) is 54.6 Å². The summed E-state index contributed by atoms with van der Waals surface area (Å²) >= 11 is 1.85. The second-order valence-electron chi connectivity index (χ2n) is 8.08. The first-order valence-electron chi connectivity index (χ1n) is 10.4. The lowest BCUT2D eigenvalue weighted by atomic mass is 9.92. The number of hydrogen-bond donors (Lipinski definition) is 1. The lowest BCUT2D eigenvalue weighted by molar-refractivity contribution is 0.313. The summed E-state index contributed by atoms with van der Waals surface area (Å²) in [5, 5.41) is 3.61. The van der Waals surface area contributed by atoms with E-state index in [4.69, 9.17) is 0 Å². The van der Waals surface area contributed by atoms with Crippen LogP contribution < -0.4 is 10.2 Å². The van der Waals surface area contributed by atoms with Gasteiger partial charge in [-0.15, -0.1) is 0 Å². The fourth-order valence-electron chi connectivity index (χ4n) is 4.16. The number of likely N-dealkylation sites (N-methyl/N-ethyl adjacent to an activating group) is 1. The van der Waals surface area contributed by atoms with Crippen LogP contribution in [0.4, 0.5) is 17.1 Å². The van der Waals surface area contributed by atoms with Crippen LogP contribution in [0.3, 0.4) is 0 Å². The summed E-state index contributed by atoms with van der Waals surface area (Å²) in [4.78, 5) is 7.48. The van der Waals surface area contributed by atoms with Crippen molar-refractivity contribution in [2.24, 2.45) is 0 Å². The Balaban J connectivity index is 1.34. The van der Waals surface area contributed by atoms with Gasteiger partial charge in [-0.2, -0.15) is 0 Å². The Hall–Kier alpha value is -2.43. The molecule has 2 heterocycles. The molecule has 3 aromatic rings. The monoisotopic (exact) mass is 401 g/mol. The van der Waals surface area contributed by atoms with Crippen molar-refractivity contribution in [3.05, 3.63) is 77.9 Å². The number of nitrogens with zero attached hydrogens (tertiary/aromatic N) is 2. The molecule has 1 unspecified atom stereocenters. The highest BCUT2D eigenvalue weighted by Gasteiger charge is 2.18. The zero-order valence-corrected chi connectivity index (χ0v) is 17.9. The number of nitrogens with one attached hydrogen (secondary N) is 1. The second-order valence-corrected chi connectivity index (χ2v) is 9.17. The molecule has 2 aliphatic heterocycles. The summed E-state index contributed by atoms with van der Waals surface area (Å²) in [6, 6.07) is 24.6. The molecule has 0 spiro atoms. The molecule has 0 aromatic heterocycles. The normalized spacial score (nSPS) is 17.2. The van der Waals surface area contributed by atoms with Gasteiger partial charge in [0, 0.05) is 47.6 Å². The summed E-state index contributed by atoms with van der Waals surface area (Å²) < 4.78 is 0. The maximum atomic E-state index is 3.61. The zero-order chi connectivity index (χ0) is 19.8. The average molecular weight is 402 g/mol. The van der Waals surface area contributed by atoms with Crippen LogP contribution in [0, 0.1) is 0 Å². The van der Waals surface area contributed by atoms with Gasteiger partial charge >= 0.3 is 0 Å². The van der Waals surface area contributed by atoms with E-state index in [0.29, 0.717) is 5.92 Å². The van der Waals surface area contributed by atoms with E-state index in [1.165, 1.54) is 38.0 Å². The molecule has 3 aromatic carbocycles. The summed E-state index contributed by atoms with van der Waals surface area (Å²) in [6.45, 7) is 6.81. The van der Waals surface area contributed by atoms with Crippen LogP contribution in [0.5, 0.6) is 0 Å². The van der Waals surface area contributed by atoms with Crippen molar-refractivity contribution in [3.8, 4) is 0 Å². The van der Waals surface area contributed by atoms with Crippen LogP contribution in [0.25, 0.3) is 0 Å². The van der Waals surface area contributed by atoms with E-state index in [1.807, 2.05) is 11.8 Å². The summed E-state index contributed by atoms with van der Waals surface area (Å²) in [5.41, 5.74) is 6.47. The Bertz CT molecular complexity index is 1010. The van der Waals surface area contributed by atoms with E-state index in [2.05, 4.69) is 95.8 Å². The fraction of sp³-hybridized carbons (Fsp3) is 0.280. The molecule has 0 radical (unpaired) electrons. The Labute approximate surface area is 177 Å². The molecule has 0 amide bonds. The zero-order valence-electron chi connectivity index (χ0n) is 17.1. The Kier molecular flexibility index (Phi) is 4.98. The number of rotatable bonds is 3. The first kappa shape index (κ1) is 18.6. The summed E-state index contributed by atoms with van der Waals surface area (Å²) in [7, 11) is 2.20. The summed E-state index contributed by atoms with van der Waals surface area (Å²) in [6.07, 6.45) is 0. The van der Waals surface area contributed by atoms with Crippen molar-refractivity contribution in [1.82, 2.24) is 4.90 Å². The number of fused-ring (bicyclic) bond motifs is 2. The number of piperazine rings is 1. The van der Waals surface area contributed by atoms with E-state index in [-0.39, 0.29) is 0 Å². The van der Waals surface area contributed by atoms with Crippen molar-refractivity contribution in [1.29, 1.82) is 0 Å². The minimum absolute atomic E-state index is 0.366. The van der Waals surface area contributed by atoms with Gasteiger partial charge in [0.2, 0.25) is 0 Å². The van der Waals surface area contributed by atoms with E-state index >= 15 is 0 Å². The fourth-order valence-corrected chi connectivity index (χ4v) is 5.13. The third-order valence-corrected chi connectivity index (χ3v) is 7.29. The summed E-state index contributed by atoms with van der Waals surface area (Å²) in [5.74, 6) is 0.366. The third-order valence-electron chi connectivity index (χ3n) is 6.14. The molecule has 29 heavy (non-hydrogen) atoms. The first-order valence-corrected chi connectivity index (χ1v) is 11.2. The Morgan fingerprint density at radius 2 is 1.48 bits per heavy atom. The van der Waals surface area contributed by atoms with E-state index in [1.54, 1.807) is 0 Å². The largest absolute Gasteiger partial charge is 0.369 e. The SMILES string of the molecule is CC(c1ccc(N2CCN(C)CC2)cc1)c1ccc2c(c1)Nc1ccccc1S2. The Morgan fingerprint density at radius 1 is 0.793 bits per heavy atom. The van der Waals surface area contributed by atoms with Crippen molar-refractivity contribution in [2.75, 3.05) is 43.4 Å². The number of benzene rings is 3. The van der Waals surface area contributed by atoms with Gasteiger partial charge < -0.3 is 15.1 Å². The van der Waals surface area contributed by atoms with Crippen LogP contribution in [0.15, 0.2) is 76.5 Å². The van der Waals surface area contributed by atoms with Gasteiger partial charge in [-0.1, -0.05) is 49.0 Å². The quantitative estimate of drug-likeness (QED) is 0.467. The molecular weight excluding hydrogens is 374 g/mol. The lowest BCUT2D eigenvalue weighted by Gasteiger charge is -2.34. The second kappa shape index (κ2) is 7.77. The van der Waals surface area contributed by atoms with Crippen LogP contribution in [-0.2, 0) is 0 Å². The highest BCUT2D eigenvalue weighted by atomic mass is 32.2. The van der Waals surface area contributed by atoms with E-state index < -0.39 is 0 Å². The predicted octanol–water partition coefficient (Wildman–Crippen LogP) is 5.80. The molecule has 0 bridgehead atoms. The van der Waals surface area contributed by atoms with E-state index in [0.717, 1.165) is 26.2 Å². The minimum Gasteiger partial charge on any atom is -0.369 e. The molecule has 4 heteroatoms. The number of para-hydroxylation sites is 1. The van der Waals surface area contributed by atoms with Gasteiger partial charge in [-0.3, -0.25) is 0 Å². The number of hydrogen-bond acceptors (Lipinski definition) is 4. The van der Waals surface area contributed by atoms with Crippen LogP contribution in [0.2, 0.25) is 0 Å². The highest BCUT2D eigenvalue weighted by Crippen LogP contribution is 2.45. The standard InChI is InChI=1S/C25H27N3S/c1-18(19-7-10-21(11-8-19)28-15-13-27(2)14-16-28)20-9-12-25-23(17-20)26-22-5-3-4-6-24(22)29-25/h3-12,17-18,26H,13-16H2,1-2H3. The van der Waals surface area contributed by atoms with Gasteiger partial charge in [0.05, 0.1) is 11.4 Å². The van der Waals surface area contributed by atoms with E-state index in [9.17, 15) is 0 Å². The van der Waals surface area contributed by atoms with Crippen LogP contribution >= 0.6 is 11.8 Å². The Morgan fingerprint density at radius 3 is 2.28 bits per heavy atom. The highest BCUT2D eigenvalue weighted by molar-refractivity contribution is 7.99. The molecule has 5 rings (SSSR count). The number of anilines is 3. The predicted molar refractivity (Wildman–Crippen MR) is 124 cm³/mol. The molecule has 1 fully saturated rings. The van der Waals surface area contributed by atoms with Gasteiger partial charge in [0.1, 0.15) is 0 Å². The molecule has 148 valence electrons.